The van der Waals surface area contributed by atoms with Gasteiger partial charge in [0.15, 0.2) is 0 Å². The molecule has 0 radical (unpaired) electrons. The van der Waals surface area contributed by atoms with Crippen molar-refractivity contribution < 1.29 is 9.18 Å². The number of amides is 1. The lowest BCUT2D eigenvalue weighted by atomic mass is 9.97. The van der Waals surface area contributed by atoms with E-state index in [1.54, 1.807) is 18.2 Å². The van der Waals surface area contributed by atoms with Crippen molar-refractivity contribution in [2.45, 2.75) is 19.3 Å². The van der Waals surface area contributed by atoms with Gasteiger partial charge in [-0.1, -0.05) is 25.1 Å². The Morgan fingerprint density at radius 3 is 2.73 bits per heavy atom. The van der Waals surface area contributed by atoms with E-state index in [2.05, 4.69) is 15.5 Å². The molecule has 1 fully saturated rings. The summed E-state index contributed by atoms with van der Waals surface area (Å²) in [7, 11) is 0. The summed E-state index contributed by atoms with van der Waals surface area (Å²) in [6.07, 6.45) is 0.322. The van der Waals surface area contributed by atoms with E-state index in [1.807, 2.05) is 6.92 Å². The Morgan fingerprint density at radius 2 is 2.05 bits per heavy atom. The molecule has 4 nitrogen and oxygen atoms in total. The van der Waals surface area contributed by atoms with Crippen LogP contribution < -0.4 is 10.6 Å². The average Bonchev–Trinajstić information content (AvgIpc) is 2.48. The summed E-state index contributed by atoms with van der Waals surface area (Å²) in [5.74, 6) is -0.357. The molecule has 0 spiro atoms. The van der Waals surface area contributed by atoms with E-state index in [-0.39, 0.29) is 30.0 Å². The largest absolute Gasteiger partial charge is 0.355 e. The van der Waals surface area contributed by atoms with Crippen LogP contribution in [0.2, 0.25) is 0 Å². The minimum Gasteiger partial charge on any atom is -0.355 e. The predicted octanol–water partition coefficient (Wildman–Crippen LogP) is 1.76. The maximum atomic E-state index is 13.6. The average molecular weight is 330 g/mol. The highest BCUT2D eigenvalue weighted by atomic mass is 35.5. The highest BCUT2D eigenvalue weighted by Crippen LogP contribution is 2.21. The van der Waals surface area contributed by atoms with Crippen LogP contribution >= 0.6 is 12.4 Å². The van der Waals surface area contributed by atoms with Crippen molar-refractivity contribution in [3.8, 4) is 0 Å². The molecule has 6 heteroatoms. The Morgan fingerprint density at radius 1 is 1.36 bits per heavy atom. The summed E-state index contributed by atoms with van der Waals surface area (Å²) in [4.78, 5) is 14.2. The van der Waals surface area contributed by atoms with Crippen LogP contribution in [0.25, 0.3) is 0 Å². The molecule has 22 heavy (non-hydrogen) atoms. The second-order valence-electron chi connectivity index (χ2n) is 5.57. The van der Waals surface area contributed by atoms with Crippen molar-refractivity contribution in [1.82, 2.24) is 15.5 Å². The van der Waals surface area contributed by atoms with Gasteiger partial charge in [0.2, 0.25) is 5.91 Å². The van der Waals surface area contributed by atoms with Gasteiger partial charge >= 0.3 is 0 Å². The number of hydrogen-bond acceptors (Lipinski definition) is 3. The zero-order chi connectivity index (χ0) is 15.1. The molecule has 1 aromatic rings. The lowest BCUT2D eigenvalue weighted by Crippen LogP contribution is -2.46. The molecular formula is C16H25ClFN3O. The molecule has 0 saturated carbocycles. The zero-order valence-corrected chi connectivity index (χ0v) is 13.8. The summed E-state index contributed by atoms with van der Waals surface area (Å²) < 4.78 is 13.6. The third-order valence-electron chi connectivity index (χ3n) is 3.89. The minimum atomic E-state index is -0.237. The maximum absolute atomic E-state index is 13.6. The van der Waals surface area contributed by atoms with E-state index in [0.717, 1.165) is 32.7 Å². The van der Waals surface area contributed by atoms with E-state index in [9.17, 15) is 9.18 Å². The Kier molecular flexibility index (Phi) is 8.38. The second kappa shape index (κ2) is 9.77. The van der Waals surface area contributed by atoms with Gasteiger partial charge in [0.25, 0.3) is 0 Å². The van der Waals surface area contributed by atoms with E-state index < -0.39 is 0 Å². The number of carbonyl (C=O) groups is 1. The molecule has 1 aliphatic heterocycles. The lowest BCUT2D eigenvalue weighted by molar-refractivity contribution is -0.121. The predicted molar refractivity (Wildman–Crippen MR) is 89.0 cm³/mol. The third kappa shape index (κ3) is 5.91. The highest BCUT2D eigenvalue weighted by Gasteiger charge is 2.15. The molecule has 2 N–H and O–H groups in total. The van der Waals surface area contributed by atoms with Crippen LogP contribution in [0.15, 0.2) is 24.3 Å². The summed E-state index contributed by atoms with van der Waals surface area (Å²) in [5, 5.41) is 6.23. The fourth-order valence-corrected chi connectivity index (χ4v) is 2.62. The Bertz CT molecular complexity index is 466. The first-order valence-corrected chi connectivity index (χ1v) is 7.61. The number of benzene rings is 1. The molecule has 1 amide bonds. The van der Waals surface area contributed by atoms with Crippen molar-refractivity contribution >= 4 is 18.3 Å². The number of nitrogens with one attached hydrogen (secondary N) is 2. The number of halogens is 2. The number of piperazine rings is 1. The molecular weight excluding hydrogens is 305 g/mol. The summed E-state index contributed by atoms with van der Waals surface area (Å²) >= 11 is 0. The first-order valence-electron chi connectivity index (χ1n) is 7.61. The van der Waals surface area contributed by atoms with E-state index in [4.69, 9.17) is 0 Å². The van der Waals surface area contributed by atoms with Crippen molar-refractivity contribution in [1.29, 1.82) is 0 Å². The maximum Gasteiger partial charge on any atom is 0.220 e. The van der Waals surface area contributed by atoms with Crippen LogP contribution in [0.5, 0.6) is 0 Å². The highest BCUT2D eigenvalue weighted by molar-refractivity contribution is 5.85. The SMILES string of the molecule is CC(CC(=O)NCCN1CCNCC1)c1ccccc1F.Cl. The van der Waals surface area contributed by atoms with Crippen LogP contribution in [0.1, 0.15) is 24.8 Å². The van der Waals surface area contributed by atoms with Gasteiger partial charge in [-0.15, -0.1) is 12.4 Å². The van der Waals surface area contributed by atoms with Crippen molar-refractivity contribution in [3.05, 3.63) is 35.6 Å². The molecule has 1 heterocycles. The van der Waals surface area contributed by atoms with Gasteiger partial charge in [-0.2, -0.15) is 0 Å². The van der Waals surface area contributed by atoms with Gasteiger partial charge < -0.3 is 10.6 Å². The molecule has 2 rings (SSSR count). The van der Waals surface area contributed by atoms with Crippen molar-refractivity contribution in [2.24, 2.45) is 0 Å². The number of hydrogen-bond donors (Lipinski definition) is 2. The molecule has 1 aromatic carbocycles. The van der Waals surface area contributed by atoms with Gasteiger partial charge in [-0.25, -0.2) is 4.39 Å². The van der Waals surface area contributed by atoms with Gasteiger partial charge in [-0.05, 0) is 17.5 Å². The topological polar surface area (TPSA) is 44.4 Å². The number of carbonyl (C=O) groups excluding carboxylic acids is 1. The Balaban J connectivity index is 0.00000242. The summed E-state index contributed by atoms with van der Waals surface area (Å²) in [6, 6.07) is 6.65. The first kappa shape index (κ1) is 18.9. The molecule has 1 saturated heterocycles. The van der Waals surface area contributed by atoms with Crippen molar-refractivity contribution in [2.75, 3.05) is 39.3 Å². The second-order valence-corrected chi connectivity index (χ2v) is 5.57. The van der Waals surface area contributed by atoms with Crippen LogP contribution in [0.3, 0.4) is 0 Å². The van der Waals surface area contributed by atoms with Crippen LogP contribution in [-0.4, -0.2) is 50.1 Å². The van der Waals surface area contributed by atoms with E-state index in [0.29, 0.717) is 18.5 Å². The smallest absolute Gasteiger partial charge is 0.220 e. The van der Waals surface area contributed by atoms with Crippen LogP contribution in [0, 0.1) is 5.82 Å². The van der Waals surface area contributed by atoms with Gasteiger partial charge in [0.1, 0.15) is 5.82 Å². The third-order valence-corrected chi connectivity index (χ3v) is 3.89. The summed E-state index contributed by atoms with van der Waals surface area (Å²) in [5.41, 5.74) is 0.606. The van der Waals surface area contributed by atoms with Crippen LogP contribution in [0.4, 0.5) is 4.39 Å². The minimum absolute atomic E-state index is 0. The standard InChI is InChI=1S/C16H24FN3O.ClH/c1-13(14-4-2-3-5-15(14)17)12-16(21)19-8-11-20-9-6-18-7-10-20;/h2-5,13,18H,6-12H2,1H3,(H,19,21);1H. The molecule has 0 aliphatic carbocycles. The fraction of sp³-hybridized carbons (Fsp3) is 0.562. The normalized spacial score (nSPS) is 16.6. The Hall–Kier alpha value is -1.17. The molecule has 0 aromatic heterocycles. The van der Waals surface area contributed by atoms with E-state index in [1.165, 1.54) is 6.07 Å². The van der Waals surface area contributed by atoms with E-state index >= 15 is 0 Å². The molecule has 124 valence electrons. The molecule has 0 bridgehead atoms. The van der Waals surface area contributed by atoms with Gasteiger partial charge in [0.05, 0.1) is 0 Å². The molecule has 1 aliphatic rings. The number of nitrogens with zero attached hydrogens (tertiary/aromatic N) is 1. The van der Waals surface area contributed by atoms with Crippen molar-refractivity contribution in [3.63, 3.8) is 0 Å². The molecule has 1 unspecified atom stereocenters. The number of rotatable bonds is 6. The monoisotopic (exact) mass is 329 g/mol. The Labute approximate surface area is 137 Å². The van der Waals surface area contributed by atoms with Gasteiger partial charge in [0, 0.05) is 45.7 Å². The first-order chi connectivity index (χ1) is 10.2. The summed E-state index contributed by atoms with van der Waals surface area (Å²) in [6.45, 7) is 7.50. The lowest BCUT2D eigenvalue weighted by Gasteiger charge is -2.27. The fourth-order valence-electron chi connectivity index (χ4n) is 2.62. The van der Waals surface area contributed by atoms with Crippen LogP contribution in [-0.2, 0) is 4.79 Å². The molecule has 1 atom stereocenters. The quantitative estimate of drug-likeness (QED) is 0.836. The van der Waals surface area contributed by atoms with Gasteiger partial charge in [-0.3, -0.25) is 9.69 Å². The zero-order valence-electron chi connectivity index (χ0n) is 13.0.